The first-order valence-corrected chi connectivity index (χ1v) is 9.02. The van der Waals surface area contributed by atoms with Gasteiger partial charge in [0.25, 0.3) is 0 Å². The molecule has 0 atom stereocenters. The van der Waals surface area contributed by atoms with Crippen LogP contribution < -0.4 is 0 Å². The highest BCUT2D eigenvalue weighted by Crippen LogP contribution is 2.18. The molecule has 0 unspecified atom stereocenters. The molecule has 1 saturated heterocycles. The molecule has 0 aliphatic carbocycles. The van der Waals surface area contributed by atoms with Crippen LogP contribution in [0.2, 0.25) is 0 Å². The summed E-state index contributed by atoms with van der Waals surface area (Å²) in [4.78, 5) is 2.31. The van der Waals surface area contributed by atoms with Gasteiger partial charge in [-0.2, -0.15) is 0 Å². The third kappa shape index (κ3) is 4.27. The molecule has 0 saturated carbocycles. The Morgan fingerprint density at radius 2 is 1.89 bits per heavy atom. The number of sulfonamides is 1. The molecule has 19 heavy (non-hydrogen) atoms. The van der Waals surface area contributed by atoms with Crippen molar-refractivity contribution in [2.45, 2.75) is 13.0 Å². The van der Waals surface area contributed by atoms with Crippen molar-refractivity contribution in [2.75, 3.05) is 32.4 Å². The van der Waals surface area contributed by atoms with E-state index in [4.69, 9.17) is 0 Å². The van der Waals surface area contributed by atoms with E-state index in [1.807, 2.05) is 18.2 Å². The van der Waals surface area contributed by atoms with E-state index in [9.17, 15) is 8.42 Å². The summed E-state index contributed by atoms with van der Waals surface area (Å²) in [5.41, 5.74) is 1.25. The zero-order valence-electron chi connectivity index (χ0n) is 11.0. The fraction of sp³-hybridized carbons (Fsp3) is 0.538. The minimum Gasteiger partial charge on any atom is -0.298 e. The maximum absolute atomic E-state index is 11.6. The SMILES string of the molecule is CS(=O)(=O)N1CCCN(Cc2ccccc2Br)CC1. The Labute approximate surface area is 123 Å². The maximum Gasteiger partial charge on any atom is 0.211 e. The molecule has 4 nitrogen and oxygen atoms in total. The Kier molecular flexibility index (Phi) is 5.00. The molecule has 0 N–H and O–H groups in total. The lowest BCUT2D eigenvalue weighted by molar-refractivity contribution is 0.278. The van der Waals surface area contributed by atoms with Crippen molar-refractivity contribution in [3.05, 3.63) is 34.3 Å². The van der Waals surface area contributed by atoms with E-state index in [2.05, 4.69) is 26.9 Å². The second-order valence-corrected chi connectivity index (χ2v) is 7.72. The number of hydrogen-bond acceptors (Lipinski definition) is 3. The van der Waals surface area contributed by atoms with E-state index >= 15 is 0 Å². The number of benzene rings is 1. The zero-order chi connectivity index (χ0) is 13.9. The summed E-state index contributed by atoms with van der Waals surface area (Å²) in [5.74, 6) is 0. The summed E-state index contributed by atoms with van der Waals surface area (Å²) >= 11 is 3.55. The lowest BCUT2D eigenvalue weighted by atomic mass is 10.2. The van der Waals surface area contributed by atoms with Crippen LogP contribution in [0.4, 0.5) is 0 Å². The van der Waals surface area contributed by atoms with Gasteiger partial charge in [-0.1, -0.05) is 34.1 Å². The van der Waals surface area contributed by atoms with Gasteiger partial charge < -0.3 is 0 Å². The first-order chi connectivity index (χ1) is 8.97. The summed E-state index contributed by atoms with van der Waals surface area (Å²) in [6.07, 6.45) is 2.17. The Hall–Kier alpha value is -0.430. The Balaban J connectivity index is 1.99. The average Bonchev–Trinajstić information content (AvgIpc) is 2.57. The molecule has 106 valence electrons. The van der Waals surface area contributed by atoms with Crippen LogP contribution in [0.25, 0.3) is 0 Å². The smallest absolute Gasteiger partial charge is 0.211 e. The van der Waals surface area contributed by atoms with E-state index in [1.165, 1.54) is 11.8 Å². The van der Waals surface area contributed by atoms with Crippen LogP contribution in [0.5, 0.6) is 0 Å². The first kappa shape index (κ1) is 15.0. The van der Waals surface area contributed by atoms with Gasteiger partial charge in [0.15, 0.2) is 0 Å². The van der Waals surface area contributed by atoms with Crippen LogP contribution in [0.3, 0.4) is 0 Å². The van der Waals surface area contributed by atoms with Gasteiger partial charge in [-0.3, -0.25) is 4.90 Å². The summed E-state index contributed by atoms with van der Waals surface area (Å²) in [6.45, 7) is 3.80. The van der Waals surface area contributed by atoms with E-state index in [0.29, 0.717) is 13.1 Å². The molecule has 2 rings (SSSR count). The van der Waals surface area contributed by atoms with Crippen molar-refractivity contribution in [1.29, 1.82) is 0 Å². The van der Waals surface area contributed by atoms with Gasteiger partial charge in [-0.15, -0.1) is 0 Å². The van der Waals surface area contributed by atoms with Crippen molar-refractivity contribution in [3.63, 3.8) is 0 Å². The molecule has 1 aromatic carbocycles. The van der Waals surface area contributed by atoms with E-state index in [0.717, 1.165) is 30.5 Å². The minimum absolute atomic E-state index is 0.587. The summed E-state index contributed by atoms with van der Waals surface area (Å²) in [5, 5.41) is 0. The molecule has 0 aromatic heterocycles. The molecule has 0 amide bonds. The van der Waals surface area contributed by atoms with Gasteiger partial charge in [0.05, 0.1) is 6.26 Å². The third-order valence-corrected chi connectivity index (χ3v) is 5.45. The third-order valence-electron chi connectivity index (χ3n) is 3.37. The van der Waals surface area contributed by atoms with Crippen molar-refractivity contribution >= 4 is 26.0 Å². The lowest BCUT2D eigenvalue weighted by Gasteiger charge is -2.21. The highest BCUT2D eigenvalue weighted by atomic mass is 79.9. The standard InChI is InChI=1S/C13H19BrN2O2S/c1-19(17,18)16-8-4-7-15(9-10-16)11-12-5-2-3-6-13(12)14/h2-3,5-6H,4,7-11H2,1H3. The number of hydrogen-bond donors (Lipinski definition) is 0. The monoisotopic (exact) mass is 346 g/mol. The number of rotatable bonds is 3. The Bertz CT molecular complexity index is 533. The molecule has 1 heterocycles. The molecule has 1 aromatic rings. The fourth-order valence-corrected chi connectivity index (χ4v) is 3.59. The van der Waals surface area contributed by atoms with E-state index < -0.39 is 10.0 Å². The van der Waals surface area contributed by atoms with Gasteiger partial charge in [-0.25, -0.2) is 12.7 Å². The van der Waals surface area contributed by atoms with Crippen LogP contribution >= 0.6 is 15.9 Å². The van der Waals surface area contributed by atoms with Crippen molar-refractivity contribution in [2.24, 2.45) is 0 Å². The van der Waals surface area contributed by atoms with Crippen LogP contribution in [-0.4, -0.2) is 50.1 Å². The molecular formula is C13H19BrN2O2S. The molecule has 0 radical (unpaired) electrons. The average molecular weight is 347 g/mol. The van der Waals surface area contributed by atoms with Crippen LogP contribution in [0.1, 0.15) is 12.0 Å². The van der Waals surface area contributed by atoms with Gasteiger partial charge in [0, 0.05) is 30.7 Å². The van der Waals surface area contributed by atoms with Gasteiger partial charge in [0.2, 0.25) is 10.0 Å². The predicted molar refractivity (Wildman–Crippen MR) is 80.5 cm³/mol. The molecule has 1 aliphatic heterocycles. The van der Waals surface area contributed by atoms with E-state index in [-0.39, 0.29) is 0 Å². The largest absolute Gasteiger partial charge is 0.298 e. The molecular weight excluding hydrogens is 328 g/mol. The van der Waals surface area contributed by atoms with Crippen LogP contribution in [0, 0.1) is 0 Å². The molecule has 6 heteroatoms. The first-order valence-electron chi connectivity index (χ1n) is 6.38. The minimum atomic E-state index is -3.06. The molecule has 1 fully saturated rings. The molecule has 1 aliphatic rings. The molecule has 0 spiro atoms. The topological polar surface area (TPSA) is 40.6 Å². The summed E-state index contributed by atoms with van der Waals surface area (Å²) in [7, 11) is -3.06. The van der Waals surface area contributed by atoms with Gasteiger partial charge in [-0.05, 0) is 24.6 Å². The summed E-state index contributed by atoms with van der Waals surface area (Å²) < 4.78 is 25.8. The van der Waals surface area contributed by atoms with Crippen molar-refractivity contribution in [1.82, 2.24) is 9.21 Å². The lowest BCUT2D eigenvalue weighted by Crippen LogP contribution is -2.34. The van der Waals surface area contributed by atoms with Gasteiger partial charge >= 0.3 is 0 Å². The highest BCUT2D eigenvalue weighted by Gasteiger charge is 2.21. The normalized spacial score (nSPS) is 19.3. The fourth-order valence-electron chi connectivity index (χ4n) is 2.30. The van der Waals surface area contributed by atoms with Crippen molar-refractivity contribution in [3.8, 4) is 0 Å². The van der Waals surface area contributed by atoms with E-state index in [1.54, 1.807) is 4.31 Å². The second kappa shape index (κ2) is 6.35. The van der Waals surface area contributed by atoms with Crippen LogP contribution in [-0.2, 0) is 16.6 Å². The van der Waals surface area contributed by atoms with Crippen molar-refractivity contribution < 1.29 is 8.42 Å². The number of nitrogens with zero attached hydrogens (tertiary/aromatic N) is 2. The Morgan fingerprint density at radius 3 is 2.58 bits per heavy atom. The second-order valence-electron chi connectivity index (χ2n) is 4.88. The quantitative estimate of drug-likeness (QED) is 0.839. The summed E-state index contributed by atoms with van der Waals surface area (Å²) in [6, 6.07) is 8.17. The maximum atomic E-state index is 11.6. The molecule has 0 bridgehead atoms. The Morgan fingerprint density at radius 1 is 1.16 bits per heavy atom. The van der Waals surface area contributed by atoms with Crippen LogP contribution in [0.15, 0.2) is 28.7 Å². The number of halogens is 1. The predicted octanol–water partition coefficient (Wildman–Crippen LogP) is 1.92. The van der Waals surface area contributed by atoms with Gasteiger partial charge in [0.1, 0.15) is 0 Å². The highest BCUT2D eigenvalue weighted by molar-refractivity contribution is 9.10. The zero-order valence-corrected chi connectivity index (χ0v) is 13.5.